The molecule has 0 atom stereocenters. The Kier molecular flexibility index (Phi) is 4.60. The number of imidazole rings is 1. The second-order valence-corrected chi connectivity index (χ2v) is 5.98. The van der Waals surface area contributed by atoms with E-state index >= 15 is 0 Å². The third kappa shape index (κ3) is 3.45. The maximum Gasteiger partial charge on any atom is 0.212 e. The number of pyridine rings is 1. The number of carbonyl (C=O) groups is 1. The summed E-state index contributed by atoms with van der Waals surface area (Å²) in [4.78, 5) is 14.7. The Hall–Kier alpha value is -2.69. The minimum Gasteiger partial charge on any atom is -0.312 e. The first-order valence-corrected chi connectivity index (χ1v) is 8.05. The molecule has 0 unspecified atom stereocenters. The van der Waals surface area contributed by atoms with E-state index < -0.39 is 0 Å². The van der Waals surface area contributed by atoms with Crippen molar-refractivity contribution in [1.82, 2.24) is 9.38 Å². The van der Waals surface area contributed by atoms with E-state index in [1.54, 1.807) is 19.2 Å². The predicted molar refractivity (Wildman–Crippen MR) is 93.6 cm³/mol. The second kappa shape index (κ2) is 6.83. The smallest absolute Gasteiger partial charge is 0.212 e. The SMILES string of the molecule is C1CC1.Cc1c(F)ccc(-c2ccc3nc(NC=O)cn3c2)c1C. The van der Waals surface area contributed by atoms with Crippen LogP contribution in [0.2, 0.25) is 0 Å². The lowest BCUT2D eigenvalue weighted by Gasteiger charge is -2.10. The van der Waals surface area contributed by atoms with E-state index in [9.17, 15) is 9.18 Å². The van der Waals surface area contributed by atoms with Gasteiger partial charge in [0, 0.05) is 6.20 Å². The molecule has 2 aromatic heterocycles. The maximum absolute atomic E-state index is 13.6. The van der Waals surface area contributed by atoms with Crippen molar-refractivity contribution in [2.75, 3.05) is 5.32 Å². The van der Waals surface area contributed by atoms with Gasteiger partial charge in [-0.3, -0.25) is 4.79 Å². The molecule has 4 nitrogen and oxygen atoms in total. The van der Waals surface area contributed by atoms with E-state index in [0.717, 1.165) is 22.3 Å². The Morgan fingerprint density at radius 3 is 2.50 bits per heavy atom. The number of fused-ring (bicyclic) bond motifs is 1. The maximum atomic E-state index is 13.6. The van der Waals surface area contributed by atoms with Gasteiger partial charge in [-0.25, -0.2) is 9.37 Å². The molecule has 1 fully saturated rings. The Morgan fingerprint density at radius 2 is 1.83 bits per heavy atom. The van der Waals surface area contributed by atoms with Crippen molar-refractivity contribution < 1.29 is 9.18 Å². The molecule has 124 valence electrons. The molecule has 4 rings (SSSR count). The van der Waals surface area contributed by atoms with Crippen LogP contribution >= 0.6 is 0 Å². The molecule has 0 saturated heterocycles. The van der Waals surface area contributed by atoms with Crippen molar-refractivity contribution in [3.63, 3.8) is 0 Å². The lowest BCUT2D eigenvalue weighted by Crippen LogP contribution is -1.93. The van der Waals surface area contributed by atoms with Crippen LogP contribution in [-0.2, 0) is 4.79 Å². The molecule has 0 aliphatic heterocycles. The highest BCUT2D eigenvalue weighted by molar-refractivity contribution is 5.72. The van der Waals surface area contributed by atoms with Gasteiger partial charge < -0.3 is 9.72 Å². The molecule has 24 heavy (non-hydrogen) atoms. The number of aromatic nitrogens is 2. The lowest BCUT2D eigenvalue weighted by atomic mass is 9.98. The number of hydrogen-bond donors (Lipinski definition) is 1. The highest BCUT2D eigenvalue weighted by atomic mass is 19.1. The van der Waals surface area contributed by atoms with E-state index in [2.05, 4.69) is 10.3 Å². The monoisotopic (exact) mass is 325 g/mol. The van der Waals surface area contributed by atoms with Gasteiger partial charge in [0.15, 0.2) is 5.82 Å². The van der Waals surface area contributed by atoms with E-state index in [-0.39, 0.29) is 5.82 Å². The van der Waals surface area contributed by atoms with Crippen LogP contribution in [0.5, 0.6) is 0 Å². The molecule has 1 N–H and O–H groups in total. The first-order chi connectivity index (χ1) is 11.6. The normalized spacial score (nSPS) is 12.5. The van der Waals surface area contributed by atoms with Gasteiger partial charge in [0.05, 0.1) is 6.20 Å². The molecule has 1 aliphatic carbocycles. The van der Waals surface area contributed by atoms with Crippen LogP contribution in [0.4, 0.5) is 10.2 Å². The van der Waals surface area contributed by atoms with Crippen LogP contribution in [0.3, 0.4) is 0 Å². The molecule has 2 heterocycles. The standard InChI is InChI=1S/C16H14FN3O.C3H6/c1-10-11(2)14(17)5-4-13(10)12-3-6-16-19-15(18-9-21)8-20(16)7-12;1-2-3-1/h3-9H,1-2H3,(H,18,21);1-3H2. The summed E-state index contributed by atoms with van der Waals surface area (Å²) >= 11 is 0. The minimum atomic E-state index is -0.197. The zero-order chi connectivity index (χ0) is 17.1. The zero-order valence-electron chi connectivity index (χ0n) is 13.8. The first-order valence-electron chi connectivity index (χ1n) is 8.05. The van der Waals surface area contributed by atoms with Gasteiger partial charge in [-0.1, -0.05) is 25.3 Å². The van der Waals surface area contributed by atoms with Crippen LogP contribution in [0.1, 0.15) is 30.4 Å². The molecule has 5 heteroatoms. The number of benzene rings is 1. The van der Waals surface area contributed by atoms with Gasteiger partial charge in [-0.05, 0) is 54.3 Å². The van der Waals surface area contributed by atoms with Gasteiger partial charge in [-0.2, -0.15) is 0 Å². The molecule has 1 aromatic carbocycles. The molecular formula is C19H20FN3O. The Labute approximate surface area is 140 Å². The van der Waals surface area contributed by atoms with Crippen molar-refractivity contribution in [3.8, 4) is 11.1 Å². The second-order valence-electron chi connectivity index (χ2n) is 5.98. The van der Waals surface area contributed by atoms with Crippen molar-refractivity contribution in [2.24, 2.45) is 0 Å². The summed E-state index contributed by atoms with van der Waals surface area (Å²) in [6.45, 7) is 3.68. The highest BCUT2D eigenvalue weighted by Gasteiger charge is 2.09. The number of rotatable bonds is 3. The van der Waals surface area contributed by atoms with Crippen LogP contribution in [0.15, 0.2) is 36.7 Å². The topological polar surface area (TPSA) is 46.4 Å². The number of nitrogens with one attached hydrogen (secondary N) is 1. The van der Waals surface area contributed by atoms with Crippen LogP contribution < -0.4 is 5.32 Å². The molecule has 0 radical (unpaired) electrons. The van der Waals surface area contributed by atoms with Gasteiger partial charge in [-0.15, -0.1) is 0 Å². The first kappa shape index (κ1) is 16.2. The van der Waals surface area contributed by atoms with Crippen molar-refractivity contribution in [2.45, 2.75) is 33.1 Å². The van der Waals surface area contributed by atoms with E-state index in [0.29, 0.717) is 17.8 Å². The van der Waals surface area contributed by atoms with Crippen molar-refractivity contribution >= 4 is 17.9 Å². The molecular weight excluding hydrogens is 305 g/mol. The molecule has 0 bridgehead atoms. The molecule has 1 saturated carbocycles. The third-order valence-electron chi connectivity index (χ3n) is 4.04. The number of anilines is 1. The Bertz CT molecular complexity index is 881. The molecule has 0 spiro atoms. The van der Waals surface area contributed by atoms with Crippen LogP contribution in [-0.4, -0.2) is 15.8 Å². The number of hydrogen-bond acceptors (Lipinski definition) is 2. The van der Waals surface area contributed by atoms with E-state index in [4.69, 9.17) is 0 Å². The number of halogens is 1. The summed E-state index contributed by atoms with van der Waals surface area (Å²) in [5.41, 5.74) is 4.26. The van der Waals surface area contributed by atoms with E-state index in [1.165, 1.54) is 25.3 Å². The fraction of sp³-hybridized carbons (Fsp3) is 0.263. The Morgan fingerprint density at radius 1 is 1.08 bits per heavy atom. The summed E-state index contributed by atoms with van der Waals surface area (Å²) < 4.78 is 15.4. The van der Waals surface area contributed by atoms with Crippen molar-refractivity contribution in [1.29, 1.82) is 0 Å². The van der Waals surface area contributed by atoms with Gasteiger partial charge >= 0.3 is 0 Å². The average molecular weight is 325 g/mol. The summed E-state index contributed by atoms with van der Waals surface area (Å²) in [7, 11) is 0. The lowest BCUT2D eigenvalue weighted by molar-refractivity contribution is -0.105. The summed E-state index contributed by atoms with van der Waals surface area (Å²) in [5.74, 6) is 0.298. The molecule has 3 aromatic rings. The highest BCUT2D eigenvalue weighted by Crippen LogP contribution is 2.27. The summed E-state index contributed by atoms with van der Waals surface area (Å²) in [6.07, 6.45) is 8.74. The molecule has 1 aliphatic rings. The van der Waals surface area contributed by atoms with E-state index in [1.807, 2.05) is 29.7 Å². The Balaban J connectivity index is 0.000000508. The minimum absolute atomic E-state index is 0.197. The largest absolute Gasteiger partial charge is 0.312 e. The van der Waals surface area contributed by atoms with Crippen LogP contribution in [0.25, 0.3) is 16.8 Å². The summed E-state index contributed by atoms with van der Waals surface area (Å²) in [6, 6.07) is 7.06. The predicted octanol–water partition coefficient (Wildman–Crippen LogP) is 4.50. The summed E-state index contributed by atoms with van der Waals surface area (Å²) in [5, 5.41) is 2.52. The number of amides is 1. The fourth-order valence-corrected chi connectivity index (χ4v) is 2.38. The number of nitrogens with zero attached hydrogens (tertiary/aromatic N) is 2. The van der Waals surface area contributed by atoms with Gasteiger partial charge in [0.1, 0.15) is 11.5 Å². The quantitative estimate of drug-likeness (QED) is 0.721. The molecule has 1 amide bonds. The average Bonchev–Trinajstić information content (AvgIpc) is 3.40. The fourth-order valence-electron chi connectivity index (χ4n) is 2.38. The van der Waals surface area contributed by atoms with Crippen LogP contribution in [0, 0.1) is 19.7 Å². The third-order valence-corrected chi connectivity index (χ3v) is 4.04. The van der Waals surface area contributed by atoms with Gasteiger partial charge in [0.2, 0.25) is 6.41 Å². The zero-order valence-corrected chi connectivity index (χ0v) is 13.8. The van der Waals surface area contributed by atoms with Crippen molar-refractivity contribution in [3.05, 3.63) is 53.6 Å². The van der Waals surface area contributed by atoms with Gasteiger partial charge in [0.25, 0.3) is 0 Å². The number of carbonyl (C=O) groups excluding carboxylic acids is 1.